The molecule has 1 heterocycles. The van der Waals surface area contributed by atoms with E-state index in [4.69, 9.17) is 0 Å². The Balaban J connectivity index is 1.33. The lowest BCUT2D eigenvalue weighted by Gasteiger charge is -2.30. The molecule has 0 bridgehead atoms. The minimum Gasteiger partial charge on any atom is -0.367 e. The number of aromatic nitrogens is 2. The van der Waals surface area contributed by atoms with Crippen molar-refractivity contribution in [3.05, 3.63) is 90.3 Å². The van der Waals surface area contributed by atoms with Gasteiger partial charge in [0.05, 0.1) is 11.6 Å². The number of carbonyl (C=O) groups excluding carboxylic acids is 1. The van der Waals surface area contributed by atoms with Gasteiger partial charge in [-0.15, -0.1) is 0 Å². The Labute approximate surface area is 199 Å². The number of amides is 1. The zero-order valence-electron chi connectivity index (χ0n) is 19.3. The second kappa shape index (κ2) is 8.56. The number of benzene rings is 3. The summed E-state index contributed by atoms with van der Waals surface area (Å²) in [7, 11) is 0. The van der Waals surface area contributed by atoms with Crippen LogP contribution < -0.4 is 5.32 Å². The maximum atomic E-state index is 13.4. The Morgan fingerprint density at radius 2 is 1.71 bits per heavy atom. The van der Waals surface area contributed by atoms with Crippen LogP contribution in [0.5, 0.6) is 0 Å². The smallest absolute Gasteiger partial charge is 0.254 e. The van der Waals surface area contributed by atoms with Crippen LogP contribution in [-0.2, 0) is 0 Å². The molecule has 5 nitrogen and oxygen atoms in total. The van der Waals surface area contributed by atoms with E-state index >= 15 is 0 Å². The van der Waals surface area contributed by atoms with Crippen molar-refractivity contribution in [2.45, 2.75) is 50.7 Å². The molecular weight excluding hydrogens is 420 g/mol. The molecule has 4 aromatic rings. The first-order valence-electron chi connectivity index (χ1n) is 12.2. The zero-order chi connectivity index (χ0) is 23.1. The molecule has 3 aromatic carbocycles. The minimum absolute atomic E-state index is 0.00367. The number of hydrogen-bond acceptors (Lipinski definition) is 4. The first kappa shape index (κ1) is 20.8. The van der Waals surface area contributed by atoms with Crippen molar-refractivity contribution in [2.75, 3.05) is 5.32 Å². The molecule has 1 amide bonds. The van der Waals surface area contributed by atoms with Crippen molar-refractivity contribution in [1.29, 1.82) is 0 Å². The van der Waals surface area contributed by atoms with Gasteiger partial charge < -0.3 is 10.2 Å². The molecule has 2 fully saturated rings. The van der Waals surface area contributed by atoms with E-state index in [0.29, 0.717) is 12.1 Å². The summed E-state index contributed by atoms with van der Waals surface area (Å²) >= 11 is 0. The predicted octanol–water partition coefficient (Wildman–Crippen LogP) is 6.24. The van der Waals surface area contributed by atoms with Gasteiger partial charge in [-0.05, 0) is 79.6 Å². The molecule has 6 rings (SSSR count). The highest BCUT2D eigenvalue weighted by Gasteiger charge is 2.36. The van der Waals surface area contributed by atoms with Crippen LogP contribution in [0.15, 0.2) is 79.1 Å². The third-order valence-corrected chi connectivity index (χ3v) is 6.87. The number of fused-ring (bicyclic) bond motifs is 1. The SMILES string of the molecule is CC(c1cccc(-c2ccc3ncnc(NC4CC4)c3c2)c1)N(C(=O)c1ccccc1)C1CC1. The van der Waals surface area contributed by atoms with Crippen LogP contribution in [0.2, 0.25) is 0 Å². The van der Waals surface area contributed by atoms with Crippen molar-refractivity contribution in [3.8, 4) is 11.1 Å². The molecule has 5 heteroatoms. The molecular formula is C29H28N4O. The second-order valence-electron chi connectivity index (χ2n) is 9.48. The van der Waals surface area contributed by atoms with Crippen molar-refractivity contribution in [1.82, 2.24) is 14.9 Å². The first-order chi connectivity index (χ1) is 16.7. The third kappa shape index (κ3) is 4.14. The largest absolute Gasteiger partial charge is 0.367 e. The Hall–Kier alpha value is -3.73. The van der Waals surface area contributed by atoms with Gasteiger partial charge in [-0.25, -0.2) is 9.97 Å². The maximum Gasteiger partial charge on any atom is 0.254 e. The molecule has 2 saturated carbocycles. The molecule has 0 saturated heterocycles. The van der Waals surface area contributed by atoms with Gasteiger partial charge >= 0.3 is 0 Å². The van der Waals surface area contributed by atoms with E-state index in [2.05, 4.69) is 69.6 Å². The number of carbonyl (C=O) groups is 1. The molecule has 1 aromatic heterocycles. The van der Waals surface area contributed by atoms with E-state index in [-0.39, 0.29) is 11.9 Å². The average Bonchev–Trinajstić information content (AvgIpc) is 3.81. The summed E-state index contributed by atoms with van der Waals surface area (Å²) in [5.74, 6) is 1.02. The maximum absolute atomic E-state index is 13.4. The number of hydrogen-bond donors (Lipinski definition) is 1. The Kier molecular flexibility index (Phi) is 5.25. The lowest BCUT2D eigenvalue weighted by Crippen LogP contribution is -2.35. The van der Waals surface area contributed by atoms with Crippen LogP contribution in [0.3, 0.4) is 0 Å². The summed E-state index contributed by atoms with van der Waals surface area (Å²) in [6, 6.07) is 25.4. The van der Waals surface area contributed by atoms with Crippen LogP contribution >= 0.6 is 0 Å². The first-order valence-corrected chi connectivity index (χ1v) is 12.2. The van der Waals surface area contributed by atoms with Crippen LogP contribution in [-0.4, -0.2) is 32.9 Å². The Morgan fingerprint density at radius 1 is 0.912 bits per heavy atom. The monoisotopic (exact) mass is 448 g/mol. The quantitative estimate of drug-likeness (QED) is 0.364. The van der Waals surface area contributed by atoms with E-state index in [0.717, 1.165) is 51.8 Å². The lowest BCUT2D eigenvalue weighted by atomic mass is 9.98. The van der Waals surface area contributed by atoms with Gasteiger partial charge in [0.15, 0.2) is 0 Å². The second-order valence-corrected chi connectivity index (χ2v) is 9.48. The number of rotatable bonds is 7. The van der Waals surface area contributed by atoms with E-state index < -0.39 is 0 Å². The van der Waals surface area contributed by atoms with Gasteiger partial charge in [-0.3, -0.25) is 4.79 Å². The van der Waals surface area contributed by atoms with Gasteiger partial charge in [0.1, 0.15) is 12.1 Å². The average molecular weight is 449 g/mol. The Bertz CT molecular complexity index is 1340. The molecule has 1 atom stereocenters. The van der Waals surface area contributed by atoms with E-state index in [1.165, 1.54) is 12.8 Å². The standard InChI is InChI=1S/C29H28N4O/c1-19(33(25-13-14-25)29(34)20-6-3-2-4-7-20)21-8-5-9-22(16-21)23-10-15-27-26(17-23)28(31-18-30-27)32-24-11-12-24/h2-10,15-19,24-25H,11-14H2,1H3,(H,30,31,32). The molecule has 2 aliphatic rings. The van der Waals surface area contributed by atoms with Crippen molar-refractivity contribution in [3.63, 3.8) is 0 Å². The van der Waals surface area contributed by atoms with Gasteiger partial charge in [0, 0.05) is 23.0 Å². The fourth-order valence-corrected chi connectivity index (χ4v) is 4.65. The van der Waals surface area contributed by atoms with Gasteiger partial charge in [-0.1, -0.05) is 42.5 Å². The lowest BCUT2D eigenvalue weighted by molar-refractivity contribution is 0.0674. The van der Waals surface area contributed by atoms with Gasteiger partial charge in [0.25, 0.3) is 5.91 Å². The Morgan fingerprint density at radius 3 is 2.47 bits per heavy atom. The highest BCUT2D eigenvalue weighted by Crippen LogP contribution is 2.37. The molecule has 170 valence electrons. The van der Waals surface area contributed by atoms with Crippen LogP contribution in [0, 0.1) is 0 Å². The van der Waals surface area contributed by atoms with E-state index in [1.54, 1.807) is 6.33 Å². The summed E-state index contributed by atoms with van der Waals surface area (Å²) in [5.41, 5.74) is 5.11. The van der Waals surface area contributed by atoms with Gasteiger partial charge in [-0.2, -0.15) is 0 Å². The van der Waals surface area contributed by atoms with E-state index in [1.807, 2.05) is 30.3 Å². The predicted molar refractivity (Wildman–Crippen MR) is 136 cm³/mol. The van der Waals surface area contributed by atoms with Crippen LogP contribution in [0.4, 0.5) is 5.82 Å². The molecule has 2 aliphatic carbocycles. The van der Waals surface area contributed by atoms with Crippen LogP contribution in [0.25, 0.3) is 22.0 Å². The summed E-state index contributed by atoms with van der Waals surface area (Å²) in [5, 5.41) is 4.58. The highest BCUT2D eigenvalue weighted by atomic mass is 16.2. The number of nitrogens with zero attached hydrogens (tertiary/aromatic N) is 3. The fraction of sp³-hybridized carbons (Fsp3) is 0.276. The highest BCUT2D eigenvalue weighted by molar-refractivity contribution is 5.95. The van der Waals surface area contributed by atoms with Gasteiger partial charge in [0.2, 0.25) is 0 Å². The van der Waals surface area contributed by atoms with Crippen LogP contribution in [0.1, 0.15) is 54.6 Å². The molecule has 0 aliphatic heterocycles. The summed E-state index contributed by atoms with van der Waals surface area (Å²) in [6.07, 6.45) is 6.17. The fourth-order valence-electron chi connectivity index (χ4n) is 4.65. The molecule has 34 heavy (non-hydrogen) atoms. The molecule has 1 unspecified atom stereocenters. The third-order valence-electron chi connectivity index (χ3n) is 6.87. The summed E-state index contributed by atoms with van der Waals surface area (Å²) in [4.78, 5) is 24.4. The van der Waals surface area contributed by atoms with Crippen molar-refractivity contribution >= 4 is 22.6 Å². The molecule has 1 N–H and O–H groups in total. The number of nitrogens with one attached hydrogen (secondary N) is 1. The van der Waals surface area contributed by atoms with Crippen molar-refractivity contribution < 1.29 is 4.79 Å². The van der Waals surface area contributed by atoms with E-state index in [9.17, 15) is 4.79 Å². The summed E-state index contributed by atoms with van der Waals surface area (Å²) in [6.45, 7) is 2.14. The molecule has 0 spiro atoms. The van der Waals surface area contributed by atoms with Crippen molar-refractivity contribution in [2.24, 2.45) is 0 Å². The summed E-state index contributed by atoms with van der Waals surface area (Å²) < 4.78 is 0. The topological polar surface area (TPSA) is 58.1 Å². The molecule has 0 radical (unpaired) electrons. The minimum atomic E-state index is -0.00367. The number of anilines is 1. The normalized spacial score (nSPS) is 16.3. The zero-order valence-corrected chi connectivity index (χ0v) is 19.3.